The highest BCUT2D eigenvalue weighted by Gasteiger charge is 2.71. The summed E-state index contributed by atoms with van der Waals surface area (Å²) in [6.07, 6.45) is 2.90. The molecule has 37 heavy (non-hydrogen) atoms. The predicted molar refractivity (Wildman–Crippen MR) is 138 cm³/mol. The summed E-state index contributed by atoms with van der Waals surface area (Å²) < 4.78 is 20.6. The highest BCUT2D eigenvalue weighted by Crippen LogP contribution is 2.67. The topological polar surface area (TPSA) is 95.3 Å². The summed E-state index contributed by atoms with van der Waals surface area (Å²) in [5.41, 5.74) is 0.410. The highest BCUT2D eigenvalue weighted by atomic mass is 32.1. The number of nitrogens with one attached hydrogen (secondary N) is 1. The third-order valence-electron chi connectivity index (χ3n) is 8.00. The maximum Gasteiger partial charge on any atom is 0.411 e. The molecular weight excluding hydrogens is 491 g/mol. The van der Waals surface area contributed by atoms with Crippen molar-refractivity contribution in [3.8, 4) is 16.5 Å². The van der Waals surface area contributed by atoms with Gasteiger partial charge in [0, 0.05) is 18.7 Å². The number of nitrogens with zero attached hydrogens (tertiary/aromatic N) is 3. The van der Waals surface area contributed by atoms with Crippen molar-refractivity contribution >= 4 is 23.3 Å². The Labute approximate surface area is 221 Å². The first-order valence-electron chi connectivity index (χ1n) is 13.0. The number of carbonyl (C=O) groups is 2. The van der Waals surface area contributed by atoms with E-state index in [2.05, 4.69) is 23.3 Å². The first kappa shape index (κ1) is 25.7. The number of carbonyl (C=O) groups excluding carboxylic acids is 2. The number of nitriles is 1. The van der Waals surface area contributed by atoms with Crippen LogP contribution in [0, 0.1) is 40.8 Å². The van der Waals surface area contributed by atoms with Crippen molar-refractivity contribution < 1.29 is 18.7 Å². The molecule has 5 rings (SSSR count). The first-order chi connectivity index (χ1) is 17.5. The van der Waals surface area contributed by atoms with Crippen molar-refractivity contribution in [1.29, 1.82) is 5.26 Å². The van der Waals surface area contributed by atoms with Crippen molar-refractivity contribution in [3.63, 3.8) is 0 Å². The minimum atomic E-state index is -0.921. The number of aromatic nitrogens is 1. The number of hydrogen-bond donors (Lipinski definition) is 1. The number of amides is 2. The monoisotopic (exact) mass is 524 g/mol. The number of halogens is 1. The molecule has 2 heterocycles. The minimum Gasteiger partial charge on any atom is -0.444 e. The zero-order valence-corrected chi connectivity index (χ0v) is 22.6. The van der Waals surface area contributed by atoms with E-state index in [-0.39, 0.29) is 24.3 Å². The van der Waals surface area contributed by atoms with Crippen LogP contribution in [0.4, 0.5) is 9.18 Å². The molecule has 2 saturated carbocycles. The van der Waals surface area contributed by atoms with E-state index in [4.69, 9.17) is 4.74 Å². The van der Waals surface area contributed by atoms with Gasteiger partial charge in [-0.25, -0.2) is 14.2 Å². The summed E-state index contributed by atoms with van der Waals surface area (Å²) in [6.45, 7) is 9.61. The van der Waals surface area contributed by atoms with Crippen molar-refractivity contribution in [2.75, 3.05) is 0 Å². The van der Waals surface area contributed by atoms with E-state index in [1.807, 2.05) is 13.0 Å². The average Bonchev–Trinajstić information content (AvgIpc) is 3.24. The second-order valence-electron chi connectivity index (χ2n) is 11.5. The van der Waals surface area contributed by atoms with Crippen LogP contribution in [0.25, 0.3) is 10.4 Å². The van der Waals surface area contributed by atoms with Gasteiger partial charge in [0.2, 0.25) is 5.91 Å². The molecule has 0 radical (unpaired) electrons. The van der Waals surface area contributed by atoms with Gasteiger partial charge in [0.05, 0.1) is 16.0 Å². The lowest BCUT2D eigenvalue weighted by Crippen LogP contribution is -2.56. The second-order valence-corrected chi connectivity index (χ2v) is 12.6. The lowest BCUT2D eigenvalue weighted by molar-refractivity contribution is -0.128. The zero-order valence-electron chi connectivity index (χ0n) is 21.8. The van der Waals surface area contributed by atoms with E-state index in [1.54, 1.807) is 37.9 Å². The van der Waals surface area contributed by atoms with Crippen LogP contribution in [0.3, 0.4) is 0 Å². The first-order valence-corrected chi connectivity index (χ1v) is 13.8. The number of likely N-dealkylation sites (tertiary alicyclic amines) is 1. The fraction of sp³-hybridized carbons (Fsp3) is 0.571. The standard InChI is InChI=1S/C28H33FN4O3S/c1-6-22-31-13-21(37-22)16-8-7-15(19(29)10-16)9-17(12-30)32-26(34)25-18-11-20(24-14(2)23(18)24)33(25)27(35)36-28(3,4)5/h7-8,10,13-14,17-18,20,23-25H,6,9,11H2,1-5H3,(H,32,34)/t14-,17-,18+,20-,23?,24?,25-/m0/s1. The van der Waals surface area contributed by atoms with Crippen LogP contribution in [-0.4, -0.2) is 45.6 Å². The molecular formula is C28H33FN4O3S. The Balaban J connectivity index is 1.30. The molecule has 196 valence electrons. The van der Waals surface area contributed by atoms with E-state index in [1.165, 1.54) is 17.4 Å². The van der Waals surface area contributed by atoms with E-state index >= 15 is 0 Å². The summed E-state index contributed by atoms with van der Waals surface area (Å²) in [4.78, 5) is 33.4. The maximum absolute atomic E-state index is 15.0. The van der Waals surface area contributed by atoms with Crippen LogP contribution in [0.1, 0.15) is 51.6 Å². The Hall–Kier alpha value is -2.99. The van der Waals surface area contributed by atoms with Crippen LogP contribution < -0.4 is 5.32 Å². The number of aryl methyl sites for hydroxylation is 1. The van der Waals surface area contributed by atoms with Crippen molar-refractivity contribution in [1.82, 2.24) is 15.2 Å². The number of benzene rings is 1. The smallest absolute Gasteiger partial charge is 0.411 e. The van der Waals surface area contributed by atoms with Gasteiger partial charge in [-0.2, -0.15) is 5.26 Å². The molecule has 2 aromatic rings. The molecule has 1 aromatic carbocycles. The molecule has 7 nitrogen and oxygen atoms in total. The van der Waals surface area contributed by atoms with Gasteiger partial charge in [0.1, 0.15) is 23.5 Å². The third kappa shape index (κ3) is 4.72. The molecule has 9 heteroatoms. The van der Waals surface area contributed by atoms with Crippen LogP contribution in [0.15, 0.2) is 24.4 Å². The molecule has 3 aliphatic rings. The molecule has 7 atom stereocenters. The molecule has 2 bridgehead atoms. The van der Waals surface area contributed by atoms with Gasteiger partial charge in [-0.05, 0) is 74.5 Å². The van der Waals surface area contributed by atoms with Gasteiger partial charge in [0.15, 0.2) is 0 Å². The molecule has 1 aromatic heterocycles. The molecule has 1 saturated heterocycles. The lowest BCUT2D eigenvalue weighted by atomic mass is 9.94. The molecule has 3 fully saturated rings. The van der Waals surface area contributed by atoms with Crippen LogP contribution in [0.2, 0.25) is 0 Å². The Morgan fingerprint density at radius 1 is 1.35 bits per heavy atom. The normalized spacial score (nSPS) is 28.4. The quantitative estimate of drug-likeness (QED) is 0.577. The summed E-state index contributed by atoms with van der Waals surface area (Å²) in [5, 5.41) is 13.6. The summed E-state index contributed by atoms with van der Waals surface area (Å²) in [5.74, 6) is 0.565. The van der Waals surface area contributed by atoms with Gasteiger partial charge < -0.3 is 10.1 Å². The fourth-order valence-electron chi connectivity index (χ4n) is 6.42. The van der Waals surface area contributed by atoms with E-state index in [0.29, 0.717) is 23.3 Å². The van der Waals surface area contributed by atoms with Crippen LogP contribution in [-0.2, 0) is 22.4 Å². The Morgan fingerprint density at radius 3 is 2.73 bits per heavy atom. The largest absolute Gasteiger partial charge is 0.444 e. The van der Waals surface area contributed by atoms with Crippen LogP contribution >= 0.6 is 11.3 Å². The number of piperidine rings is 1. The second kappa shape index (κ2) is 9.39. The Morgan fingerprint density at radius 2 is 2.11 bits per heavy atom. The van der Waals surface area contributed by atoms with E-state index in [0.717, 1.165) is 28.3 Å². The van der Waals surface area contributed by atoms with Gasteiger partial charge >= 0.3 is 6.09 Å². The minimum absolute atomic E-state index is 0.0129. The van der Waals surface area contributed by atoms with Gasteiger partial charge in [-0.15, -0.1) is 11.3 Å². The SMILES string of the molecule is CCc1ncc(-c2ccc(C[C@@H](C#N)NC(=O)[C@@H]3[C@@H]4C[C@@H](C5C4[C@@H]5C)N3C(=O)OC(C)(C)C)c(F)c2)s1. The highest BCUT2D eigenvalue weighted by molar-refractivity contribution is 7.15. The van der Waals surface area contributed by atoms with Gasteiger partial charge in [-0.3, -0.25) is 9.69 Å². The summed E-state index contributed by atoms with van der Waals surface area (Å²) >= 11 is 1.53. The summed E-state index contributed by atoms with van der Waals surface area (Å²) in [6, 6.07) is 5.43. The summed E-state index contributed by atoms with van der Waals surface area (Å²) in [7, 11) is 0. The lowest BCUT2D eigenvalue weighted by Gasteiger charge is -2.35. The van der Waals surface area contributed by atoms with Gasteiger partial charge in [0.25, 0.3) is 0 Å². The molecule has 1 aliphatic heterocycles. The number of fused-ring (bicyclic) bond motifs is 5. The van der Waals surface area contributed by atoms with Gasteiger partial charge in [-0.1, -0.05) is 26.0 Å². The third-order valence-corrected chi connectivity index (χ3v) is 9.19. The van der Waals surface area contributed by atoms with E-state index < -0.39 is 29.6 Å². The number of thiazole rings is 1. The molecule has 1 N–H and O–H groups in total. The van der Waals surface area contributed by atoms with Crippen molar-refractivity contribution in [3.05, 3.63) is 40.8 Å². The van der Waals surface area contributed by atoms with Crippen molar-refractivity contribution in [2.45, 2.75) is 77.6 Å². The molecule has 2 aliphatic carbocycles. The van der Waals surface area contributed by atoms with E-state index in [9.17, 15) is 19.2 Å². The number of ether oxygens (including phenoxy) is 1. The predicted octanol–water partition coefficient (Wildman–Crippen LogP) is 4.95. The maximum atomic E-state index is 15.0. The van der Waals surface area contributed by atoms with Crippen LogP contribution in [0.5, 0.6) is 0 Å². The average molecular weight is 525 g/mol. The zero-order chi connectivity index (χ0) is 26.6. The molecule has 0 spiro atoms. The molecule has 2 amide bonds. The Kier molecular flexibility index (Phi) is 6.51. The fourth-order valence-corrected chi connectivity index (χ4v) is 7.27. The Bertz CT molecular complexity index is 1260. The number of hydrogen-bond acceptors (Lipinski definition) is 6. The molecule has 2 unspecified atom stereocenters. The number of rotatable bonds is 6. The van der Waals surface area contributed by atoms with Crippen molar-refractivity contribution in [2.24, 2.45) is 23.7 Å².